The molecular weight excluding hydrogens is 265 g/mol. The number of aromatic nitrogens is 2. The minimum absolute atomic E-state index is 0.00419. The first-order chi connectivity index (χ1) is 7.45. The Morgan fingerprint density at radius 1 is 1.50 bits per heavy atom. The van der Waals surface area contributed by atoms with Gasteiger partial charge < -0.3 is 0 Å². The van der Waals surface area contributed by atoms with Crippen LogP contribution in [0.15, 0.2) is 17.1 Å². The van der Waals surface area contributed by atoms with E-state index in [4.69, 9.17) is 11.6 Å². The number of rotatable bonds is 1. The van der Waals surface area contributed by atoms with Crippen LogP contribution in [-0.2, 0) is 12.1 Å². The highest BCUT2D eigenvalue weighted by Crippen LogP contribution is 2.37. The Balaban J connectivity index is 2.88. The summed E-state index contributed by atoms with van der Waals surface area (Å²) in [4.78, 5) is 14.2. The van der Waals surface area contributed by atoms with Crippen LogP contribution in [0, 0.1) is 0 Å². The Kier molecular flexibility index (Phi) is 2.67. The van der Waals surface area contributed by atoms with E-state index in [0.29, 0.717) is 11.3 Å². The molecule has 2 aromatic rings. The van der Waals surface area contributed by atoms with Gasteiger partial charge >= 0.3 is 6.18 Å². The van der Waals surface area contributed by atoms with Crippen LogP contribution >= 0.6 is 22.9 Å². The van der Waals surface area contributed by atoms with Crippen molar-refractivity contribution in [2.75, 3.05) is 0 Å². The molecule has 0 radical (unpaired) electrons. The molecule has 0 spiro atoms. The minimum atomic E-state index is -4.52. The van der Waals surface area contributed by atoms with Crippen molar-refractivity contribution in [3.63, 3.8) is 0 Å². The van der Waals surface area contributed by atoms with Gasteiger partial charge in [-0.1, -0.05) is 11.3 Å². The molecule has 0 saturated carbocycles. The molecule has 3 nitrogen and oxygen atoms in total. The molecular formula is C8H4ClF3N2OS. The van der Waals surface area contributed by atoms with Crippen LogP contribution < -0.4 is 5.56 Å². The predicted octanol–water partition coefficient (Wildman–Crippen LogP) is 2.51. The SMILES string of the molecule is O=c1ccnc2sc(C(F)(F)F)c(CCl)n12. The van der Waals surface area contributed by atoms with Crippen molar-refractivity contribution in [1.82, 2.24) is 9.38 Å². The highest BCUT2D eigenvalue weighted by Gasteiger charge is 2.37. The Labute approximate surface area is 96.1 Å². The van der Waals surface area contributed by atoms with Gasteiger partial charge in [-0.3, -0.25) is 9.20 Å². The van der Waals surface area contributed by atoms with E-state index in [1.807, 2.05) is 0 Å². The molecule has 86 valence electrons. The molecule has 0 aliphatic heterocycles. The third-order valence-corrected chi connectivity index (χ3v) is 3.32. The van der Waals surface area contributed by atoms with Crippen molar-refractivity contribution in [1.29, 1.82) is 0 Å². The maximum absolute atomic E-state index is 12.6. The number of fused-ring (bicyclic) bond motifs is 1. The monoisotopic (exact) mass is 268 g/mol. The van der Waals surface area contributed by atoms with Crippen molar-refractivity contribution >= 4 is 27.9 Å². The Bertz CT molecular complexity index is 589. The smallest absolute Gasteiger partial charge is 0.269 e. The van der Waals surface area contributed by atoms with Crippen molar-refractivity contribution in [2.24, 2.45) is 0 Å². The van der Waals surface area contributed by atoms with E-state index in [1.165, 1.54) is 6.20 Å². The summed E-state index contributed by atoms with van der Waals surface area (Å²) in [7, 11) is 0. The summed E-state index contributed by atoms with van der Waals surface area (Å²) < 4.78 is 38.7. The Morgan fingerprint density at radius 2 is 2.19 bits per heavy atom. The van der Waals surface area contributed by atoms with Gasteiger partial charge in [0.05, 0.1) is 11.6 Å². The molecule has 0 aromatic carbocycles. The molecule has 0 aliphatic rings. The summed E-state index contributed by atoms with van der Waals surface area (Å²) in [6, 6.07) is 1.09. The third kappa shape index (κ3) is 1.69. The summed E-state index contributed by atoms with van der Waals surface area (Å²) >= 11 is 5.86. The molecule has 0 saturated heterocycles. The normalized spacial score (nSPS) is 12.2. The number of nitrogens with zero attached hydrogens (tertiary/aromatic N) is 2. The number of halogens is 4. The van der Waals surface area contributed by atoms with Gasteiger partial charge in [-0.25, -0.2) is 4.98 Å². The lowest BCUT2D eigenvalue weighted by Gasteiger charge is -2.04. The summed E-state index contributed by atoms with van der Waals surface area (Å²) in [6.07, 6.45) is -3.35. The lowest BCUT2D eigenvalue weighted by Crippen LogP contribution is -2.15. The van der Waals surface area contributed by atoms with Gasteiger partial charge in [-0.05, 0) is 0 Å². The summed E-state index contributed by atoms with van der Waals surface area (Å²) in [5, 5.41) is 0. The molecule has 0 fully saturated rings. The molecule has 2 aromatic heterocycles. The molecule has 0 aliphatic carbocycles. The van der Waals surface area contributed by atoms with Crippen molar-refractivity contribution in [3.8, 4) is 0 Å². The fourth-order valence-electron chi connectivity index (χ4n) is 1.31. The molecule has 16 heavy (non-hydrogen) atoms. The summed E-state index contributed by atoms with van der Waals surface area (Å²) in [5.74, 6) is -0.388. The molecule has 0 atom stereocenters. The molecule has 2 heterocycles. The van der Waals surface area contributed by atoms with E-state index < -0.39 is 16.6 Å². The zero-order valence-electron chi connectivity index (χ0n) is 7.58. The molecule has 0 N–H and O–H groups in total. The van der Waals surface area contributed by atoms with E-state index in [0.717, 1.165) is 10.5 Å². The standard InChI is InChI=1S/C8H4ClF3N2OS/c9-3-4-6(8(10,11)12)16-7-13-2-1-5(15)14(4)7/h1-2H,3H2. The lowest BCUT2D eigenvalue weighted by molar-refractivity contribution is -0.135. The van der Waals surface area contributed by atoms with Crippen LogP contribution in [0.3, 0.4) is 0 Å². The maximum Gasteiger partial charge on any atom is 0.427 e. The molecule has 0 unspecified atom stereocenters. The number of alkyl halides is 4. The predicted molar refractivity (Wildman–Crippen MR) is 53.9 cm³/mol. The summed E-state index contributed by atoms with van der Waals surface area (Å²) in [6.45, 7) is 0. The first kappa shape index (κ1) is 11.4. The summed E-state index contributed by atoms with van der Waals surface area (Å²) in [5.41, 5.74) is -0.820. The molecule has 0 amide bonds. The van der Waals surface area contributed by atoms with Gasteiger partial charge in [0, 0.05) is 12.3 Å². The average Bonchev–Trinajstić information content (AvgIpc) is 2.57. The second-order valence-corrected chi connectivity index (χ2v) is 4.16. The average molecular weight is 269 g/mol. The fourth-order valence-corrected chi connectivity index (χ4v) is 2.62. The van der Waals surface area contributed by atoms with Crippen LogP contribution in [0.1, 0.15) is 10.6 Å². The molecule has 0 bridgehead atoms. The van der Waals surface area contributed by atoms with Crippen molar-refractivity contribution < 1.29 is 13.2 Å². The third-order valence-electron chi connectivity index (χ3n) is 1.92. The fraction of sp³-hybridized carbons (Fsp3) is 0.250. The van der Waals surface area contributed by atoms with Gasteiger partial charge in [-0.2, -0.15) is 13.2 Å². The quantitative estimate of drug-likeness (QED) is 0.745. The zero-order valence-corrected chi connectivity index (χ0v) is 9.16. The van der Waals surface area contributed by atoms with Gasteiger partial charge in [0.2, 0.25) is 0 Å². The minimum Gasteiger partial charge on any atom is -0.269 e. The Morgan fingerprint density at radius 3 is 2.75 bits per heavy atom. The van der Waals surface area contributed by atoms with Crippen LogP contribution in [0.4, 0.5) is 13.2 Å². The number of hydrogen-bond donors (Lipinski definition) is 0. The van der Waals surface area contributed by atoms with E-state index in [2.05, 4.69) is 4.98 Å². The van der Waals surface area contributed by atoms with Gasteiger partial charge in [-0.15, -0.1) is 11.6 Å². The lowest BCUT2D eigenvalue weighted by atomic mass is 10.4. The van der Waals surface area contributed by atoms with Crippen LogP contribution in [0.25, 0.3) is 4.96 Å². The molecule has 8 heteroatoms. The maximum atomic E-state index is 12.6. The van der Waals surface area contributed by atoms with Gasteiger partial charge in [0.1, 0.15) is 4.88 Å². The number of hydrogen-bond acceptors (Lipinski definition) is 3. The first-order valence-corrected chi connectivity index (χ1v) is 5.43. The van der Waals surface area contributed by atoms with Crippen LogP contribution in [-0.4, -0.2) is 9.38 Å². The highest BCUT2D eigenvalue weighted by molar-refractivity contribution is 7.17. The van der Waals surface area contributed by atoms with Gasteiger partial charge in [0.25, 0.3) is 5.56 Å². The second kappa shape index (κ2) is 3.74. The highest BCUT2D eigenvalue weighted by atomic mass is 35.5. The van der Waals surface area contributed by atoms with Crippen molar-refractivity contribution in [3.05, 3.63) is 33.2 Å². The van der Waals surface area contributed by atoms with E-state index in [1.54, 1.807) is 0 Å². The van der Waals surface area contributed by atoms with Gasteiger partial charge in [0.15, 0.2) is 4.96 Å². The zero-order chi connectivity index (χ0) is 11.9. The topological polar surface area (TPSA) is 34.4 Å². The van der Waals surface area contributed by atoms with E-state index in [-0.39, 0.29) is 16.5 Å². The van der Waals surface area contributed by atoms with Crippen LogP contribution in [0.5, 0.6) is 0 Å². The van der Waals surface area contributed by atoms with Crippen LogP contribution in [0.2, 0.25) is 0 Å². The second-order valence-electron chi connectivity index (χ2n) is 2.91. The molecule has 2 rings (SSSR count). The van der Waals surface area contributed by atoms with E-state index >= 15 is 0 Å². The van der Waals surface area contributed by atoms with Crippen molar-refractivity contribution in [2.45, 2.75) is 12.1 Å². The number of thiazole rings is 1. The Hall–Kier alpha value is -1.08. The first-order valence-electron chi connectivity index (χ1n) is 4.07. The van der Waals surface area contributed by atoms with E-state index in [9.17, 15) is 18.0 Å². The largest absolute Gasteiger partial charge is 0.427 e.